The fourth-order valence-electron chi connectivity index (χ4n) is 9.13. The Morgan fingerprint density at radius 1 is 0.418 bits per heavy atom. The first kappa shape index (κ1) is 31.5. The first-order valence-corrected chi connectivity index (χ1v) is 19.1. The lowest BCUT2D eigenvalue weighted by molar-refractivity contribution is 0.667. The van der Waals surface area contributed by atoms with Crippen molar-refractivity contribution >= 4 is 32.8 Å². The molecule has 1 aliphatic rings. The van der Waals surface area contributed by atoms with Gasteiger partial charge >= 0.3 is 0 Å². The molecule has 0 fully saturated rings. The van der Waals surface area contributed by atoms with Gasteiger partial charge in [-0.15, -0.1) is 0 Å². The van der Waals surface area contributed by atoms with Gasteiger partial charge in [0.25, 0.3) is 0 Å². The number of para-hydroxylation sites is 2. The summed E-state index contributed by atoms with van der Waals surface area (Å²) in [6.07, 6.45) is 0. The molecular formula is C52H37N3. The van der Waals surface area contributed by atoms with Gasteiger partial charge in [-0.1, -0.05) is 141 Å². The summed E-state index contributed by atoms with van der Waals surface area (Å²) < 4.78 is 4.74. The number of benzene rings is 8. The van der Waals surface area contributed by atoms with Gasteiger partial charge in [-0.25, -0.2) is 4.98 Å². The van der Waals surface area contributed by atoms with Crippen LogP contribution in [0.2, 0.25) is 0 Å². The Hall–Kier alpha value is -6.97. The number of rotatable bonds is 5. The van der Waals surface area contributed by atoms with Crippen molar-refractivity contribution in [1.82, 2.24) is 14.1 Å². The zero-order valence-corrected chi connectivity index (χ0v) is 30.7. The molecule has 8 aromatic carbocycles. The topological polar surface area (TPSA) is 22.8 Å². The van der Waals surface area contributed by atoms with Gasteiger partial charge < -0.3 is 4.57 Å². The van der Waals surface area contributed by atoms with Crippen LogP contribution in [0.1, 0.15) is 25.0 Å². The van der Waals surface area contributed by atoms with Crippen molar-refractivity contribution in [2.24, 2.45) is 0 Å². The van der Waals surface area contributed by atoms with Crippen LogP contribution >= 0.6 is 0 Å². The second-order valence-corrected chi connectivity index (χ2v) is 15.2. The minimum absolute atomic E-state index is 0.211. The van der Waals surface area contributed by atoms with E-state index in [0.29, 0.717) is 0 Å². The van der Waals surface area contributed by atoms with E-state index >= 15 is 0 Å². The third-order valence-corrected chi connectivity index (χ3v) is 11.7. The van der Waals surface area contributed by atoms with E-state index in [2.05, 4.69) is 211 Å². The Kier molecular flexibility index (Phi) is 6.90. The molecule has 0 saturated carbocycles. The monoisotopic (exact) mass is 703 g/mol. The Bertz CT molecular complexity index is 3080. The summed E-state index contributed by atoms with van der Waals surface area (Å²) in [5.41, 5.74) is 17.9. The molecule has 0 atom stereocenters. The van der Waals surface area contributed by atoms with Crippen LogP contribution in [-0.4, -0.2) is 14.1 Å². The second kappa shape index (κ2) is 12.0. The number of fused-ring (bicyclic) bond motifs is 8. The van der Waals surface area contributed by atoms with Gasteiger partial charge in [0.2, 0.25) is 0 Å². The molecule has 0 bridgehead atoms. The van der Waals surface area contributed by atoms with E-state index in [1.807, 2.05) is 0 Å². The maximum Gasteiger partial charge on any atom is 0.145 e. The molecule has 3 nitrogen and oxygen atoms in total. The summed E-state index contributed by atoms with van der Waals surface area (Å²) in [4.78, 5) is 5.09. The van der Waals surface area contributed by atoms with Crippen LogP contribution in [0, 0.1) is 0 Å². The van der Waals surface area contributed by atoms with Gasteiger partial charge in [-0.3, -0.25) is 4.57 Å². The molecule has 0 aliphatic heterocycles. The van der Waals surface area contributed by atoms with Crippen LogP contribution in [0.4, 0.5) is 0 Å². The van der Waals surface area contributed by atoms with E-state index < -0.39 is 0 Å². The van der Waals surface area contributed by atoms with Gasteiger partial charge in [0.05, 0.1) is 22.1 Å². The lowest BCUT2D eigenvalue weighted by Crippen LogP contribution is -2.15. The van der Waals surface area contributed by atoms with Crippen molar-refractivity contribution in [2.45, 2.75) is 19.3 Å². The zero-order chi connectivity index (χ0) is 36.7. The summed E-state index contributed by atoms with van der Waals surface area (Å²) in [5, 5.41) is 2.59. The highest BCUT2D eigenvalue weighted by Crippen LogP contribution is 2.54. The number of hydrogen-bond acceptors (Lipinski definition) is 1. The lowest BCUT2D eigenvalue weighted by atomic mass is 9.79. The highest BCUT2D eigenvalue weighted by molar-refractivity contribution is 6.15. The maximum absolute atomic E-state index is 5.09. The van der Waals surface area contributed by atoms with Crippen molar-refractivity contribution in [3.8, 4) is 56.1 Å². The van der Waals surface area contributed by atoms with Gasteiger partial charge in [-0.2, -0.15) is 0 Å². The van der Waals surface area contributed by atoms with Crippen molar-refractivity contribution < 1.29 is 0 Å². The Labute approximate surface area is 320 Å². The summed E-state index contributed by atoms with van der Waals surface area (Å²) in [5.74, 6) is 0.938. The number of hydrogen-bond donors (Lipinski definition) is 0. The SMILES string of the molecule is CC1(C)c2cc(-c3ccccc3)ccc2-c2ccc3c(c21)c1cc(-c2ccccc2)ccc1n3-c1ccc(-n2c(-c3ccccc3)nc3ccccc32)cc1. The third kappa shape index (κ3) is 4.79. The smallest absolute Gasteiger partial charge is 0.145 e. The molecule has 55 heavy (non-hydrogen) atoms. The predicted molar refractivity (Wildman–Crippen MR) is 229 cm³/mol. The first-order chi connectivity index (χ1) is 27.0. The molecule has 11 rings (SSSR count). The molecule has 10 aromatic rings. The van der Waals surface area contributed by atoms with E-state index in [4.69, 9.17) is 4.98 Å². The standard InChI is InChI=1S/C52H37N3/c1-52(2)44-33-38(35-16-8-4-9-17-35)22-28-41(44)42-29-31-48-49(50(42)52)43-32-37(34-14-6-3-7-15-34)23-30-46(43)54(48)39-24-26-40(27-25-39)55-47-21-13-12-20-45(47)53-51(55)36-18-10-5-11-19-36/h3-33H,1-2H3. The van der Waals surface area contributed by atoms with E-state index in [1.165, 1.54) is 66.3 Å². The summed E-state index contributed by atoms with van der Waals surface area (Å²) in [7, 11) is 0. The van der Waals surface area contributed by atoms with E-state index in [-0.39, 0.29) is 5.41 Å². The molecule has 2 aromatic heterocycles. The van der Waals surface area contributed by atoms with Crippen LogP contribution < -0.4 is 0 Å². The molecule has 0 spiro atoms. The summed E-state index contributed by atoms with van der Waals surface area (Å²) in [6, 6.07) is 68.1. The minimum atomic E-state index is -0.211. The van der Waals surface area contributed by atoms with Gasteiger partial charge in [0, 0.05) is 33.1 Å². The van der Waals surface area contributed by atoms with E-state index in [0.717, 1.165) is 33.8 Å². The van der Waals surface area contributed by atoms with Crippen LogP contribution in [0.3, 0.4) is 0 Å². The number of imidazole rings is 1. The molecule has 0 N–H and O–H groups in total. The first-order valence-electron chi connectivity index (χ1n) is 19.1. The molecule has 0 saturated heterocycles. The quantitative estimate of drug-likeness (QED) is 0.175. The maximum atomic E-state index is 5.09. The van der Waals surface area contributed by atoms with Crippen LogP contribution in [0.15, 0.2) is 188 Å². The molecule has 0 radical (unpaired) electrons. The van der Waals surface area contributed by atoms with Crippen LogP contribution in [-0.2, 0) is 5.41 Å². The average Bonchev–Trinajstić information content (AvgIpc) is 3.87. The molecule has 0 unspecified atom stereocenters. The fourth-order valence-corrected chi connectivity index (χ4v) is 9.13. The normalized spacial score (nSPS) is 13.1. The van der Waals surface area contributed by atoms with E-state index in [1.54, 1.807) is 0 Å². The minimum Gasteiger partial charge on any atom is -0.309 e. The van der Waals surface area contributed by atoms with Gasteiger partial charge in [0.1, 0.15) is 5.82 Å². The molecular weight excluding hydrogens is 667 g/mol. The van der Waals surface area contributed by atoms with Gasteiger partial charge in [-0.05, 0) is 105 Å². The average molecular weight is 704 g/mol. The Balaban J connectivity index is 1.12. The number of aromatic nitrogens is 3. The molecule has 2 heterocycles. The molecule has 260 valence electrons. The zero-order valence-electron chi connectivity index (χ0n) is 30.7. The lowest BCUT2D eigenvalue weighted by Gasteiger charge is -2.23. The second-order valence-electron chi connectivity index (χ2n) is 15.2. The summed E-state index contributed by atoms with van der Waals surface area (Å²) in [6.45, 7) is 4.81. The van der Waals surface area contributed by atoms with E-state index in [9.17, 15) is 0 Å². The van der Waals surface area contributed by atoms with Crippen molar-refractivity contribution in [2.75, 3.05) is 0 Å². The largest absolute Gasteiger partial charge is 0.309 e. The molecule has 0 amide bonds. The molecule has 3 heteroatoms. The fraction of sp³-hybridized carbons (Fsp3) is 0.0577. The predicted octanol–water partition coefficient (Wildman–Crippen LogP) is 13.4. The third-order valence-electron chi connectivity index (χ3n) is 11.7. The summed E-state index contributed by atoms with van der Waals surface area (Å²) >= 11 is 0. The van der Waals surface area contributed by atoms with Gasteiger partial charge in [0.15, 0.2) is 0 Å². The van der Waals surface area contributed by atoms with Crippen molar-refractivity contribution in [3.05, 3.63) is 199 Å². The van der Waals surface area contributed by atoms with Crippen molar-refractivity contribution in [3.63, 3.8) is 0 Å². The van der Waals surface area contributed by atoms with Crippen LogP contribution in [0.25, 0.3) is 89.0 Å². The molecule has 1 aliphatic carbocycles. The Morgan fingerprint density at radius 2 is 0.964 bits per heavy atom. The van der Waals surface area contributed by atoms with Crippen molar-refractivity contribution in [1.29, 1.82) is 0 Å². The highest BCUT2D eigenvalue weighted by atomic mass is 15.1. The Morgan fingerprint density at radius 3 is 1.65 bits per heavy atom. The number of nitrogens with zero attached hydrogens (tertiary/aromatic N) is 3. The highest BCUT2D eigenvalue weighted by Gasteiger charge is 2.38. The van der Waals surface area contributed by atoms with Crippen LogP contribution in [0.5, 0.6) is 0 Å².